The van der Waals surface area contributed by atoms with E-state index in [0.717, 1.165) is 37.4 Å². The van der Waals surface area contributed by atoms with Gasteiger partial charge in [0.2, 0.25) is 5.75 Å². The first-order chi connectivity index (χ1) is 12.8. The van der Waals surface area contributed by atoms with Crippen LogP contribution in [0, 0.1) is 21.7 Å². The molecule has 2 aromatic carbocycles. The van der Waals surface area contributed by atoms with Gasteiger partial charge in [-0.2, -0.15) is 0 Å². The van der Waals surface area contributed by atoms with Crippen molar-refractivity contribution in [2.45, 2.75) is 0 Å². The number of methoxy groups -OCH3 is 2. The summed E-state index contributed by atoms with van der Waals surface area (Å²) < 4.78 is 37.0. The van der Waals surface area contributed by atoms with Crippen LogP contribution in [0.15, 0.2) is 30.3 Å². The fourth-order valence-electron chi connectivity index (χ4n) is 2.22. The molecule has 2 N–H and O–H groups in total. The maximum atomic E-state index is 13.6. The third kappa shape index (κ3) is 4.08. The fourth-order valence-corrected chi connectivity index (χ4v) is 2.22. The van der Waals surface area contributed by atoms with Crippen LogP contribution < -0.4 is 20.1 Å². The minimum atomic E-state index is -1.26. The second-order valence-corrected chi connectivity index (χ2v) is 4.96. The first-order valence-corrected chi connectivity index (χ1v) is 7.25. The molecule has 0 aromatic heterocycles. The van der Waals surface area contributed by atoms with Crippen molar-refractivity contribution in [3.8, 4) is 11.5 Å². The molecule has 0 aliphatic rings. The quantitative estimate of drug-likeness (QED) is 0.607. The van der Waals surface area contributed by atoms with Crippen LogP contribution in [0.25, 0.3) is 0 Å². The number of nitrogens with zero attached hydrogens (tertiary/aromatic N) is 1. The lowest BCUT2D eigenvalue weighted by molar-refractivity contribution is -0.385. The number of hydrogen-bond donors (Lipinski definition) is 2. The molecule has 0 bridgehead atoms. The molecule has 0 fully saturated rings. The number of halogens is 2. The summed E-state index contributed by atoms with van der Waals surface area (Å²) in [6, 6.07) is 3.85. The topological polar surface area (TPSA) is 120 Å². The number of carbonyl (C=O) groups is 2. The summed E-state index contributed by atoms with van der Waals surface area (Å²) >= 11 is 0. The van der Waals surface area contributed by atoms with Crippen molar-refractivity contribution in [2.24, 2.45) is 0 Å². The molecular weight excluding hydrogens is 368 g/mol. The number of anilines is 1. The summed E-state index contributed by atoms with van der Waals surface area (Å²) in [5.41, 5.74) is -1.73. The average molecular weight is 381 g/mol. The number of para-hydroxylation sites is 1. The molecule has 142 valence electrons. The lowest BCUT2D eigenvalue weighted by Gasteiger charge is -2.13. The van der Waals surface area contributed by atoms with E-state index in [0.29, 0.717) is 0 Å². The molecule has 27 heavy (non-hydrogen) atoms. The zero-order valence-electron chi connectivity index (χ0n) is 14.0. The van der Waals surface area contributed by atoms with Gasteiger partial charge in [0.15, 0.2) is 0 Å². The molecule has 0 saturated carbocycles. The number of benzene rings is 2. The van der Waals surface area contributed by atoms with Gasteiger partial charge in [-0.05, 0) is 18.2 Å². The highest BCUT2D eigenvalue weighted by atomic mass is 19.1. The van der Waals surface area contributed by atoms with E-state index < -0.39 is 51.2 Å². The molecular formula is C16H13F2N3O6. The number of carbonyl (C=O) groups excluding carboxylic acids is 2. The second-order valence-electron chi connectivity index (χ2n) is 4.96. The van der Waals surface area contributed by atoms with Crippen molar-refractivity contribution in [2.75, 3.05) is 19.5 Å². The van der Waals surface area contributed by atoms with Crippen LogP contribution in [0.2, 0.25) is 0 Å². The maximum Gasteiger partial charge on any atom is 0.326 e. The lowest BCUT2D eigenvalue weighted by Crippen LogP contribution is -2.35. The summed E-state index contributed by atoms with van der Waals surface area (Å²) in [4.78, 5) is 34.6. The molecule has 0 aliphatic heterocycles. The highest BCUT2D eigenvalue weighted by Crippen LogP contribution is 2.37. The Morgan fingerprint density at radius 1 is 1.07 bits per heavy atom. The average Bonchev–Trinajstić information content (AvgIpc) is 2.63. The van der Waals surface area contributed by atoms with Crippen molar-refractivity contribution in [1.29, 1.82) is 0 Å². The number of urea groups is 1. The second kappa shape index (κ2) is 8.08. The number of rotatable bonds is 5. The molecule has 0 saturated heterocycles. The van der Waals surface area contributed by atoms with Gasteiger partial charge in [0, 0.05) is 6.07 Å². The predicted octanol–water partition coefficient (Wildman–Crippen LogP) is 2.85. The summed E-state index contributed by atoms with van der Waals surface area (Å²) in [6.07, 6.45) is 0. The van der Waals surface area contributed by atoms with Crippen molar-refractivity contribution in [3.05, 3.63) is 57.6 Å². The van der Waals surface area contributed by atoms with Crippen molar-refractivity contribution < 1.29 is 32.8 Å². The number of nitro benzene ring substituents is 1. The largest absolute Gasteiger partial charge is 0.496 e. The Bertz CT molecular complexity index is 899. The molecule has 0 spiro atoms. The van der Waals surface area contributed by atoms with Crippen LogP contribution in [-0.4, -0.2) is 31.1 Å². The Labute approximate surface area is 151 Å². The van der Waals surface area contributed by atoms with Gasteiger partial charge in [-0.25, -0.2) is 13.6 Å². The normalized spacial score (nSPS) is 10.1. The zero-order valence-corrected chi connectivity index (χ0v) is 14.0. The molecule has 0 atom stereocenters. The van der Waals surface area contributed by atoms with Gasteiger partial charge in [0.05, 0.1) is 19.1 Å². The Balaban J connectivity index is 2.33. The summed E-state index contributed by atoms with van der Waals surface area (Å²) in [5, 5.41) is 14.7. The van der Waals surface area contributed by atoms with Crippen LogP contribution in [0.5, 0.6) is 11.5 Å². The third-order valence-electron chi connectivity index (χ3n) is 3.37. The van der Waals surface area contributed by atoms with Gasteiger partial charge < -0.3 is 14.8 Å². The van der Waals surface area contributed by atoms with E-state index in [9.17, 15) is 28.5 Å². The smallest absolute Gasteiger partial charge is 0.326 e. The lowest BCUT2D eigenvalue weighted by atomic mass is 10.1. The Kier molecular flexibility index (Phi) is 5.85. The van der Waals surface area contributed by atoms with Crippen LogP contribution >= 0.6 is 0 Å². The summed E-state index contributed by atoms with van der Waals surface area (Å²) in [5.74, 6) is -3.80. The number of ether oxygens (including phenoxy) is 2. The number of nitro groups is 1. The maximum absolute atomic E-state index is 13.6. The SMILES string of the molecule is COc1ccc([N+](=O)[O-])c(OC)c1C(=O)NC(=O)Nc1c(F)cccc1F. The van der Waals surface area contributed by atoms with Crippen LogP contribution in [0.4, 0.5) is 25.0 Å². The minimum Gasteiger partial charge on any atom is -0.496 e. The molecule has 2 rings (SSSR count). The fraction of sp³-hybridized carbons (Fsp3) is 0.125. The Hall–Kier alpha value is -3.76. The monoisotopic (exact) mass is 381 g/mol. The molecule has 11 heteroatoms. The summed E-state index contributed by atoms with van der Waals surface area (Å²) in [6.45, 7) is 0. The number of nitrogens with one attached hydrogen (secondary N) is 2. The number of amides is 3. The molecule has 3 amide bonds. The first kappa shape index (κ1) is 19.6. The van der Waals surface area contributed by atoms with E-state index >= 15 is 0 Å². The van der Waals surface area contributed by atoms with Gasteiger partial charge in [-0.1, -0.05) is 6.07 Å². The van der Waals surface area contributed by atoms with E-state index in [4.69, 9.17) is 9.47 Å². The molecule has 0 aliphatic carbocycles. The van der Waals surface area contributed by atoms with Crippen LogP contribution in [0.1, 0.15) is 10.4 Å². The number of hydrogen-bond acceptors (Lipinski definition) is 6. The summed E-state index contributed by atoms with van der Waals surface area (Å²) in [7, 11) is 2.29. The molecule has 2 aromatic rings. The highest BCUT2D eigenvalue weighted by molar-refractivity contribution is 6.11. The van der Waals surface area contributed by atoms with Gasteiger partial charge in [0.25, 0.3) is 5.91 Å². The highest BCUT2D eigenvalue weighted by Gasteiger charge is 2.28. The van der Waals surface area contributed by atoms with Gasteiger partial charge in [0.1, 0.15) is 28.6 Å². The first-order valence-electron chi connectivity index (χ1n) is 7.25. The molecule has 0 radical (unpaired) electrons. The van der Waals surface area contributed by atoms with Gasteiger partial charge in [-0.15, -0.1) is 0 Å². The molecule has 0 heterocycles. The van der Waals surface area contributed by atoms with E-state index in [1.807, 2.05) is 10.6 Å². The zero-order chi connectivity index (χ0) is 20.1. The standard InChI is InChI=1S/C16H13F2N3O6/c1-26-11-7-6-10(21(24)25)14(27-2)12(11)15(22)20-16(23)19-13-8(17)4-3-5-9(13)18/h3-7H,1-2H3,(H2,19,20,22,23). The minimum absolute atomic E-state index is 0.111. The van der Waals surface area contributed by atoms with Crippen molar-refractivity contribution in [1.82, 2.24) is 5.32 Å². The Morgan fingerprint density at radius 2 is 1.70 bits per heavy atom. The molecule has 0 unspecified atom stereocenters. The van der Waals surface area contributed by atoms with Crippen LogP contribution in [-0.2, 0) is 0 Å². The van der Waals surface area contributed by atoms with Crippen molar-refractivity contribution in [3.63, 3.8) is 0 Å². The van der Waals surface area contributed by atoms with Gasteiger partial charge in [-0.3, -0.25) is 20.2 Å². The van der Waals surface area contributed by atoms with E-state index in [-0.39, 0.29) is 5.75 Å². The van der Waals surface area contributed by atoms with E-state index in [1.54, 1.807) is 0 Å². The van der Waals surface area contributed by atoms with Gasteiger partial charge >= 0.3 is 11.7 Å². The predicted molar refractivity (Wildman–Crippen MR) is 89.0 cm³/mol. The van der Waals surface area contributed by atoms with E-state index in [2.05, 4.69) is 0 Å². The van der Waals surface area contributed by atoms with Crippen LogP contribution in [0.3, 0.4) is 0 Å². The molecule has 9 nitrogen and oxygen atoms in total. The van der Waals surface area contributed by atoms with E-state index in [1.165, 1.54) is 7.11 Å². The van der Waals surface area contributed by atoms with Crippen molar-refractivity contribution >= 4 is 23.3 Å². The number of imide groups is 1. The third-order valence-corrected chi connectivity index (χ3v) is 3.37. The Morgan fingerprint density at radius 3 is 2.22 bits per heavy atom.